The minimum absolute atomic E-state index is 0.0946. The predicted octanol–water partition coefficient (Wildman–Crippen LogP) is 3.09. The summed E-state index contributed by atoms with van der Waals surface area (Å²) in [7, 11) is 0. The first-order chi connectivity index (χ1) is 10.7. The van der Waals surface area contributed by atoms with Gasteiger partial charge in [-0.2, -0.15) is 0 Å². The molecular weight excluding hydrogens is 284 g/mol. The van der Waals surface area contributed by atoms with Gasteiger partial charge in [0.1, 0.15) is 0 Å². The molecule has 2 aliphatic rings. The Bertz CT molecular complexity index is 685. The van der Waals surface area contributed by atoms with Crippen LogP contribution >= 0.6 is 0 Å². The highest BCUT2D eigenvalue weighted by Crippen LogP contribution is 2.40. The highest BCUT2D eigenvalue weighted by atomic mass is 16.7. The summed E-state index contributed by atoms with van der Waals surface area (Å²) in [4.78, 5) is 23.4. The molecule has 2 heterocycles. The Balaban J connectivity index is 2.14. The lowest BCUT2D eigenvalue weighted by Crippen LogP contribution is -2.11. The molecule has 0 aromatic heterocycles. The minimum atomic E-state index is -0.661. The number of hydrogen-bond donors (Lipinski definition) is 0. The van der Waals surface area contributed by atoms with Gasteiger partial charge in [-0.25, -0.2) is 4.79 Å². The fourth-order valence-corrected chi connectivity index (χ4v) is 2.57. The van der Waals surface area contributed by atoms with Crippen LogP contribution in [0.15, 0.2) is 23.8 Å². The maximum atomic E-state index is 11.8. The Kier molecular flexibility index (Phi) is 3.96. The molecule has 0 aliphatic carbocycles. The summed E-state index contributed by atoms with van der Waals surface area (Å²) in [5, 5.41) is 0. The quantitative estimate of drug-likeness (QED) is 0.620. The van der Waals surface area contributed by atoms with E-state index >= 15 is 0 Å². The van der Waals surface area contributed by atoms with Gasteiger partial charge in [-0.05, 0) is 24.1 Å². The van der Waals surface area contributed by atoms with Crippen molar-refractivity contribution in [1.29, 1.82) is 0 Å². The third-order valence-corrected chi connectivity index (χ3v) is 3.52. The second-order valence-electron chi connectivity index (χ2n) is 5.16. The molecule has 3 rings (SSSR count). The van der Waals surface area contributed by atoms with Crippen LogP contribution in [0.25, 0.3) is 12.2 Å². The van der Waals surface area contributed by atoms with Gasteiger partial charge in [-0.15, -0.1) is 0 Å². The first kappa shape index (κ1) is 14.4. The molecule has 2 aliphatic heterocycles. The van der Waals surface area contributed by atoms with Crippen LogP contribution in [0.1, 0.15) is 37.3 Å². The Morgan fingerprint density at radius 3 is 2.82 bits per heavy atom. The summed E-state index contributed by atoms with van der Waals surface area (Å²) < 4.78 is 15.7. The van der Waals surface area contributed by atoms with Gasteiger partial charge in [0.2, 0.25) is 6.79 Å². The van der Waals surface area contributed by atoms with Gasteiger partial charge >= 0.3 is 11.9 Å². The molecule has 1 aromatic carbocycles. The normalized spacial score (nSPS) is 20.7. The SMILES string of the molecule is CCC/C1=C/c2c(ccc3c2OCO3)/C=C/C(=O)OC(=O)C1. The molecule has 5 nitrogen and oxygen atoms in total. The standard InChI is InChI=1S/C17H16O5/c1-2-3-11-8-13-12(4-6-14-17(13)21-10-20-14)5-7-15(18)22-16(19)9-11/h4-8H,2-3,9-10H2,1H3/b7-5+,11-8-. The lowest BCUT2D eigenvalue weighted by atomic mass is 9.98. The average molecular weight is 300 g/mol. The molecule has 0 radical (unpaired) electrons. The maximum Gasteiger partial charge on any atom is 0.338 e. The van der Waals surface area contributed by atoms with Crippen LogP contribution in [0.4, 0.5) is 0 Å². The molecule has 1 aromatic rings. The molecule has 0 saturated heterocycles. The van der Waals surface area contributed by atoms with Crippen LogP contribution in [0, 0.1) is 0 Å². The molecule has 114 valence electrons. The third kappa shape index (κ3) is 2.88. The molecule has 0 atom stereocenters. The van der Waals surface area contributed by atoms with Gasteiger partial charge in [0, 0.05) is 11.6 Å². The smallest absolute Gasteiger partial charge is 0.338 e. The van der Waals surface area contributed by atoms with Gasteiger partial charge in [0.05, 0.1) is 6.42 Å². The van der Waals surface area contributed by atoms with Crippen molar-refractivity contribution in [3.8, 4) is 11.5 Å². The molecule has 0 saturated carbocycles. The number of esters is 2. The Hall–Kier alpha value is -2.56. The molecule has 22 heavy (non-hydrogen) atoms. The molecule has 0 unspecified atom stereocenters. The molecule has 0 spiro atoms. The number of benzene rings is 1. The van der Waals surface area contributed by atoms with Crippen LogP contribution in [0.5, 0.6) is 11.5 Å². The Morgan fingerprint density at radius 1 is 1.14 bits per heavy atom. The Morgan fingerprint density at radius 2 is 2.00 bits per heavy atom. The van der Waals surface area contributed by atoms with E-state index in [1.54, 1.807) is 12.1 Å². The van der Waals surface area contributed by atoms with Gasteiger partial charge in [0.25, 0.3) is 0 Å². The highest BCUT2D eigenvalue weighted by molar-refractivity contribution is 5.97. The van der Waals surface area contributed by atoms with E-state index in [0.717, 1.165) is 29.5 Å². The van der Waals surface area contributed by atoms with E-state index in [-0.39, 0.29) is 13.2 Å². The van der Waals surface area contributed by atoms with Crippen LogP contribution in [-0.4, -0.2) is 18.7 Å². The number of hydrogen-bond acceptors (Lipinski definition) is 5. The monoisotopic (exact) mass is 300 g/mol. The van der Waals surface area contributed by atoms with Gasteiger partial charge in [-0.1, -0.05) is 31.1 Å². The lowest BCUT2D eigenvalue weighted by molar-refractivity contribution is -0.155. The average Bonchev–Trinajstić information content (AvgIpc) is 2.94. The topological polar surface area (TPSA) is 61.8 Å². The summed E-state index contributed by atoms with van der Waals surface area (Å²) in [5.41, 5.74) is 2.56. The number of cyclic esters (lactones) is 2. The summed E-state index contributed by atoms with van der Waals surface area (Å²) in [6, 6.07) is 3.66. The first-order valence-corrected chi connectivity index (χ1v) is 7.22. The van der Waals surface area contributed by atoms with Crippen molar-refractivity contribution in [2.24, 2.45) is 0 Å². The van der Waals surface area contributed by atoms with Gasteiger partial charge in [0.15, 0.2) is 11.5 Å². The fraction of sp³-hybridized carbons (Fsp3) is 0.294. The van der Waals surface area contributed by atoms with Gasteiger partial charge < -0.3 is 14.2 Å². The molecule has 0 fully saturated rings. The number of fused-ring (bicyclic) bond motifs is 3. The number of carbonyl (C=O) groups is 2. The van der Waals surface area contributed by atoms with Crippen LogP contribution in [0.2, 0.25) is 0 Å². The van der Waals surface area contributed by atoms with E-state index in [9.17, 15) is 9.59 Å². The van der Waals surface area contributed by atoms with E-state index in [1.807, 2.05) is 19.1 Å². The lowest BCUT2D eigenvalue weighted by Gasteiger charge is -2.11. The largest absolute Gasteiger partial charge is 0.454 e. The van der Waals surface area contributed by atoms with Crippen molar-refractivity contribution in [2.75, 3.05) is 6.79 Å². The van der Waals surface area contributed by atoms with E-state index in [0.29, 0.717) is 11.5 Å². The highest BCUT2D eigenvalue weighted by Gasteiger charge is 2.21. The zero-order valence-corrected chi connectivity index (χ0v) is 12.3. The second-order valence-corrected chi connectivity index (χ2v) is 5.16. The van der Waals surface area contributed by atoms with Crippen LogP contribution < -0.4 is 9.47 Å². The fourth-order valence-electron chi connectivity index (χ4n) is 2.57. The van der Waals surface area contributed by atoms with Crippen molar-refractivity contribution in [3.63, 3.8) is 0 Å². The van der Waals surface area contributed by atoms with Crippen LogP contribution in [0.3, 0.4) is 0 Å². The molecule has 0 amide bonds. The van der Waals surface area contributed by atoms with Crippen molar-refractivity contribution < 1.29 is 23.8 Å². The molecule has 0 N–H and O–H groups in total. The van der Waals surface area contributed by atoms with Crippen molar-refractivity contribution in [3.05, 3.63) is 34.9 Å². The van der Waals surface area contributed by atoms with Gasteiger partial charge in [-0.3, -0.25) is 4.79 Å². The second kappa shape index (κ2) is 6.05. The first-order valence-electron chi connectivity index (χ1n) is 7.22. The zero-order chi connectivity index (χ0) is 15.5. The number of carbonyl (C=O) groups excluding carboxylic acids is 2. The molecule has 5 heteroatoms. The van der Waals surface area contributed by atoms with E-state index in [4.69, 9.17) is 14.2 Å². The zero-order valence-electron chi connectivity index (χ0n) is 12.3. The minimum Gasteiger partial charge on any atom is -0.454 e. The summed E-state index contributed by atoms with van der Waals surface area (Å²) in [6.07, 6.45) is 6.54. The summed E-state index contributed by atoms with van der Waals surface area (Å²) in [6.45, 7) is 2.21. The van der Waals surface area contributed by atoms with Crippen molar-refractivity contribution >= 4 is 24.1 Å². The van der Waals surface area contributed by atoms with E-state index in [2.05, 4.69) is 0 Å². The predicted molar refractivity (Wildman–Crippen MR) is 80.2 cm³/mol. The summed E-state index contributed by atoms with van der Waals surface area (Å²) >= 11 is 0. The van der Waals surface area contributed by atoms with E-state index in [1.165, 1.54) is 6.08 Å². The van der Waals surface area contributed by atoms with Crippen LogP contribution in [-0.2, 0) is 14.3 Å². The Labute approximate surface area is 128 Å². The summed E-state index contributed by atoms with van der Waals surface area (Å²) in [5.74, 6) is 0.122. The maximum absolute atomic E-state index is 11.8. The number of rotatable bonds is 2. The molecule has 0 bridgehead atoms. The van der Waals surface area contributed by atoms with E-state index < -0.39 is 11.9 Å². The number of ether oxygens (including phenoxy) is 3. The van der Waals surface area contributed by atoms with Crippen molar-refractivity contribution in [1.82, 2.24) is 0 Å². The van der Waals surface area contributed by atoms with Crippen molar-refractivity contribution in [2.45, 2.75) is 26.2 Å². The molecular formula is C17H16O5. The third-order valence-electron chi connectivity index (χ3n) is 3.52.